The predicted octanol–water partition coefficient (Wildman–Crippen LogP) is 2.95. The lowest BCUT2D eigenvalue weighted by atomic mass is 10.0. The van der Waals surface area contributed by atoms with Crippen LogP contribution in [0.2, 0.25) is 5.02 Å². The highest BCUT2D eigenvalue weighted by molar-refractivity contribution is 6.30. The summed E-state index contributed by atoms with van der Waals surface area (Å²) in [6.45, 7) is 7.16. The van der Waals surface area contributed by atoms with E-state index in [0.717, 1.165) is 53.9 Å². The van der Waals surface area contributed by atoms with Gasteiger partial charge in [-0.2, -0.15) is 0 Å². The Bertz CT molecular complexity index is 351. The molecule has 1 aliphatic rings. The van der Waals surface area contributed by atoms with E-state index in [2.05, 4.69) is 5.32 Å². The van der Waals surface area contributed by atoms with Gasteiger partial charge in [0, 0.05) is 5.02 Å². The normalized spacial score (nSPS) is 15.9. The van der Waals surface area contributed by atoms with E-state index in [1.807, 2.05) is 26.0 Å². The molecule has 0 aromatic heterocycles. The molecule has 0 aliphatic carbocycles. The lowest BCUT2D eigenvalue weighted by Gasteiger charge is -2.27. The molecule has 0 unspecified atom stereocenters. The molecule has 16 heavy (non-hydrogen) atoms. The van der Waals surface area contributed by atoms with Crippen molar-refractivity contribution in [1.82, 2.24) is 5.32 Å². The summed E-state index contributed by atoms with van der Waals surface area (Å²) < 4.78 is 5.84. The zero-order valence-corrected chi connectivity index (χ0v) is 10.6. The van der Waals surface area contributed by atoms with Crippen molar-refractivity contribution in [3.05, 3.63) is 28.3 Å². The van der Waals surface area contributed by atoms with E-state index in [1.54, 1.807) is 0 Å². The predicted molar refractivity (Wildman–Crippen MR) is 67.4 cm³/mol. The average molecular weight is 240 g/mol. The summed E-state index contributed by atoms with van der Waals surface area (Å²) in [6, 6.07) is 3.91. The molecule has 88 valence electrons. The van der Waals surface area contributed by atoms with Crippen LogP contribution in [-0.4, -0.2) is 19.7 Å². The van der Waals surface area contributed by atoms with Crippen LogP contribution >= 0.6 is 11.6 Å². The van der Waals surface area contributed by atoms with Crippen LogP contribution in [-0.2, 0) is 0 Å². The lowest BCUT2D eigenvalue weighted by Crippen LogP contribution is -2.42. The third kappa shape index (κ3) is 2.69. The molecule has 1 aliphatic heterocycles. The molecule has 0 amide bonds. The monoisotopic (exact) mass is 239 g/mol. The summed E-state index contributed by atoms with van der Waals surface area (Å²) >= 11 is 5.97. The van der Waals surface area contributed by atoms with Gasteiger partial charge >= 0.3 is 0 Å². The van der Waals surface area contributed by atoms with Crippen LogP contribution in [0.5, 0.6) is 5.75 Å². The van der Waals surface area contributed by atoms with Crippen LogP contribution in [0, 0.1) is 19.8 Å². The third-order valence-electron chi connectivity index (χ3n) is 3.06. The Morgan fingerprint density at radius 1 is 1.31 bits per heavy atom. The molecular formula is C13H18ClNO. The minimum absolute atomic E-state index is 0.783. The molecule has 3 heteroatoms. The van der Waals surface area contributed by atoms with Crippen molar-refractivity contribution in [2.75, 3.05) is 19.7 Å². The number of ether oxygens (including phenoxy) is 1. The molecule has 1 aromatic rings. The first-order valence-electron chi connectivity index (χ1n) is 5.77. The van der Waals surface area contributed by atoms with Crippen molar-refractivity contribution < 1.29 is 4.74 Å². The van der Waals surface area contributed by atoms with E-state index in [0.29, 0.717) is 0 Å². The highest BCUT2D eigenvalue weighted by atomic mass is 35.5. The van der Waals surface area contributed by atoms with Crippen molar-refractivity contribution in [1.29, 1.82) is 0 Å². The molecule has 0 spiro atoms. The fraction of sp³-hybridized carbons (Fsp3) is 0.538. The van der Waals surface area contributed by atoms with E-state index in [1.165, 1.54) is 0 Å². The Kier molecular flexibility index (Phi) is 3.72. The quantitative estimate of drug-likeness (QED) is 0.873. The summed E-state index contributed by atoms with van der Waals surface area (Å²) in [4.78, 5) is 0. The number of nitrogens with one attached hydrogen (secondary N) is 1. The molecule has 2 rings (SSSR count). The Hall–Kier alpha value is -0.730. The van der Waals surface area contributed by atoms with Crippen molar-refractivity contribution in [3.8, 4) is 5.75 Å². The second kappa shape index (κ2) is 5.07. The molecule has 1 aromatic carbocycles. The number of rotatable bonds is 4. The van der Waals surface area contributed by atoms with Crippen LogP contribution in [0.15, 0.2) is 12.1 Å². The Morgan fingerprint density at radius 3 is 2.44 bits per heavy atom. The van der Waals surface area contributed by atoms with Gasteiger partial charge in [-0.15, -0.1) is 0 Å². The minimum atomic E-state index is 0.783. The van der Waals surface area contributed by atoms with Crippen molar-refractivity contribution in [2.45, 2.75) is 20.3 Å². The maximum Gasteiger partial charge on any atom is 0.125 e. The van der Waals surface area contributed by atoms with E-state index in [-0.39, 0.29) is 0 Å². The largest absolute Gasteiger partial charge is 0.493 e. The summed E-state index contributed by atoms with van der Waals surface area (Å²) in [7, 11) is 0. The average Bonchev–Trinajstić information content (AvgIpc) is 2.12. The summed E-state index contributed by atoms with van der Waals surface area (Å²) in [5.41, 5.74) is 2.24. The first-order chi connectivity index (χ1) is 7.66. The van der Waals surface area contributed by atoms with Crippen LogP contribution < -0.4 is 10.1 Å². The second-order valence-corrected chi connectivity index (χ2v) is 4.97. The zero-order chi connectivity index (χ0) is 11.5. The summed E-state index contributed by atoms with van der Waals surface area (Å²) in [5, 5.41) is 4.05. The van der Waals surface area contributed by atoms with Crippen molar-refractivity contribution in [2.24, 2.45) is 5.92 Å². The van der Waals surface area contributed by atoms with Gasteiger partial charge in [-0.25, -0.2) is 0 Å². The van der Waals surface area contributed by atoms with Gasteiger partial charge in [-0.1, -0.05) is 11.6 Å². The molecule has 0 atom stereocenters. The molecule has 2 nitrogen and oxygen atoms in total. The molecule has 0 saturated carbocycles. The maximum absolute atomic E-state index is 5.97. The second-order valence-electron chi connectivity index (χ2n) is 4.53. The number of benzene rings is 1. The highest BCUT2D eigenvalue weighted by Crippen LogP contribution is 2.27. The van der Waals surface area contributed by atoms with Gasteiger partial charge in [-0.05, 0) is 62.5 Å². The third-order valence-corrected chi connectivity index (χ3v) is 3.28. The van der Waals surface area contributed by atoms with Crippen LogP contribution in [0.3, 0.4) is 0 Å². The van der Waals surface area contributed by atoms with Gasteiger partial charge in [0.1, 0.15) is 5.75 Å². The van der Waals surface area contributed by atoms with Crippen molar-refractivity contribution >= 4 is 11.6 Å². The van der Waals surface area contributed by atoms with E-state index in [4.69, 9.17) is 16.3 Å². The molecular weight excluding hydrogens is 222 g/mol. The van der Waals surface area contributed by atoms with E-state index in [9.17, 15) is 0 Å². The lowest BCUT2D eigenvalue weighted by molar-refractivity contribution is 0.236. The van der Waals surface area contributed by atoms with Crippen LogP contribution in [0.4, 0.5) is 0 Å². The molecule has 1 saturated heterocycles. The van der Waals surface area contributed by atoms with E-state index >= 15 is 0 Å². The molecule has 0 radical (unpaired) electrons. The van der Waals surface area contributed by atoms with Crippen LogP contribution in [0.25, 0.3) is 0 Å². The fourth-order valence-corrected chi connectivity index (χ4v) is 2.33. The number of halogens is 1. The summed E-state index contributed by atoms with van der Waals surface area (Å²) in [5.74, 6) is 1.80. The Morgan fingerprint density at radius 2 is 1.94 bits per heavy atom. The number of aryl methyl sites for hydroxylation is 2. The van der Waals surface area contributed by atoms with Gasteiger partial charge in [-0.3, -0.25) is 0 Å². The molecule has 1 fully saturated rings. The Balaban J connectivity index is 1.92. The van der Waals surface area contributed by atoms with Gasteiger partial charge in [0.05, 0.1) is 6.61 Å². The topological polar surface area (TPSA) is 21.3 Å². The standard InChI is InChI=1S/C13H18ClNO/c1-9-5-12(14)6-10(2)13(9)16-4-3-11-7-15-8-11/h5-6,11,15H,3-4,7-8H2,1-2H3. The smallest absolute Gasteiger partial charge is 0.125 e. The Labute approximate surface area is 102 Å². The van der Waals surface area contributed by atoms with Crippen LogP contribution in [0.1, 0.15) is 17.5 Å². The van der Waals surface area contributed by atoms with Crippen molar-refractivity contribution in [3.63, 3.8) is 0 Å². The SMILES string of the molecule is Cc1cc(Cl)cc(C)c1OCCC1CNC1. The van der Waals surface area contributed by atoms with Gasteiger partial charge in [0.25, 0.3) is 0 Å². The first-order valence-corrected chi connectivity index (χ1v) is 6.15. The molecule has 0 bridgehead atoms. The maximum atomic E-state index is 5.97. The fourth-order valence-electron chi connectivity index (χ4n) is 2.01. The number of hydrogen-bond acceptors (Lipinski definition) is 2. The van der Waals surface area contributed by atoms with E-state index < -0.39 is 0 Å². The van der Waals surface area contributed by atoms with Gasteiger partial charge in [0.15, 0.2) is 0 Å². The minimum Gasteiger partial charge on any atom is -0.493 e. The molecule has 1 heterocycles. The highest BCUT2D eigenvalue weighted by Gasteiger charge is 2.16. The van der Waals surface area contributed by atoms with Gasteiger partial charge in [0.2, 0.25) is 0 Å². The summed E-state index contributed by atoms with van der Waals surface area (Å²) in [6.07, 6.45) is 1.13. The first kappa shape index (κ1) is 11.7. The zero-order valence-electron chi connectivity index (χ0n) is 9.85. The van der Waals surface area contributed by atoms with Gasteiger partial charge < -0.3 is 10.1 Å². The number of hydrogen-bond donors (Lipinski definition) is 1. The molecule has 1 N–H and O–H groups in total.